The molecule has 9 heteroatoms. The van der Waals surface area contributed by atoms with E-state index in [1.807, 2.05) is 41.3 Å². The lowest BCUT2D eigenvalue weighted by Crippen LogP contribution is -2.49. The van der Waals surface area contributed by atoms with Crippen molar-refractivity contribution < 1.29 is 17.5 Å². The maximum Gasteiger partial charge on any atom is 0.243 e. The van der Waals surface area contributed by atoms with E-state index in [2.05, 4.69) is 10.2 Å². The molecule has 1 fully saturated rings. The first-order valence-corrected chi connectivity index (χ1v) is 11.3. The molecule has 0 saturated carbocycles. The standard InChI is InChI=1S/C22H23FN4O3S/c1-16-15-19(7-8-20(16)23)31(28,29)27-13-11-26(12-14-27)22-10-9-21(24-25-22)17-3-5-18(30-2)6-4-17/h3-10,15H,11-14H2,1-2H3. The second-order valence-corrected chi connectivity index (χ2v) is 9.25. The molecule has 2 heterocycles. The van der Waals surface area contributed by atoms with Gasteiger partial charge in [0.05, 0.1) is 17.7 Å². The number of sulfonamides is 1. The quantitative estimate of drug-likeness (QED) is 0.604. The molecule has 4 rings (SSSR count). The minimum Gasteiger partial charge on any atom is -0.497 e. The Morgan fingerprint density at radius 2 is 1.65 bits per heavy atom. The maximum atomic E-state index is 13.5. The molecular formula is C22H23FN4O3S. The largest absolute Gasteiger partial charge is 0.497 e. The van der Waals surface area contributed by atoms with Crippen molar-refractivity contribution in [2.24, 2.45) is 0 Å². The number of ether oxygens (including phenoxy) is 1. The normalized spacial score (nSPS) is 15.1. The molecule has 1 aliphatic heterocycles. The van der Waals surface area contributed by atoms with E-state index in [9.17, 15) is 12.8 Å². The van der Waals surface area contributed by atoms with Gasteiger partial charge in [-0.15, -0.1) is 10.2 Å². The molecule has 0 bridgehead atoms. The number of anilines is 1. The monoisotopic (exact) mass is 442 g/mol. The predicted octanol–water partition coefficient (Wildman–Crippen LogP) is 3.11. The molecule has 0 aliphatic carbocycles. The van der Waals surface area contributed by atoms with E-state index in [1.165, 1.54) is 22.5 Å². The summed E-state index contributed by atoms with van der Waals surface area (Å²) in [6, 6.07) is 15.2. The Labute approximate surface area is 181 Å². The van der Waals surface area contributed by atoms with E-state index in [0.29, 0.717) is 37.6 Å². The Morgan fingerprint density at radius 1 is 0.935 bits per heavy atom. The number of halogens is 1. The summed E-state index contributed by atoms with van der Waals surface area (Å²) in [4.78, 5) is 2.12. The molecule has 162 valence electrons. The molecule has 0 radical (unpaired) electrons. The average molecular weight is 443 g/mol. The van der Waals surface area contributed by atoms with Crippen LogP contribution in [0.2, 0.25) is 0 Å². The van der Waals surface area contributed by atoms with Gasteiger partial charge in [-0.1, -0.05) is 0 Å². The number of hydrogen-bond acceptors (Lipinski definition) is 6. The lowest BCUT2D eigenvalue weighted by molar-refractivity contribution is 0.383. The molecule has 2 aromatic carbocycles. The number of piperazine rings is 1. The second kappa shape index (κ2) is 8.60. The smallest absolute Gasteiger partial charge is 0.243 e. The Balaban J connectivity index is 1.42. The topological polar surface area (TPSA) is 75.6 Å². The van der Waals surface area contributed by atoms with Gasteiger partial charge < -0.3 is 9.64 Å². The third-order valence-corrected chi connectivity index (χ3v) is 7.26. The molecule has 0 spiro atoms. The number of hydrogen-bond donors (Lipinski definition) is 0. The van der Waals surface area contributed by atoms with Crippen LogP contribution in [0.15, 0.2) is 59.5 Å². The molecule has 31 heavy (non-hydrogen) atoms. The fourth-order valence-corrected chi connectivity index (χ4v) is 5.00. The van der Waals surface area contributed by atoms with Crippen LogP contribution in [0.3, 0.4) is 0 Å². The molecule has 0 atom stereocenters. The van der Waals surface area contributed by atoms with E-state index in [1.54, 1.807) is 14.0 Å². The van der Waals surface area contributed by atoms with E-state index in [4.69, 9.17) is 4.74 Å². The van der Waals surface area contributed by atoms with Crippen molar-refractivity contribution in [3.05, 3.63) is 66.0 Å². The molecule has 3 aromatic rings. The zero-order chi connectivity index (χ0) is 22.0. The highest BCUT2D eigenvalue weighted by Gasteiger charge is 2.29. The van der Waals surface area contributed by atoms with Crippen LogP contribution in [-0.4, -0.2) is 56.2 Å². The van der Waals surface area contributed by atoms with Crippen LogP contribution < -0.4 is 9.64 Å². The Bertz CT molecular complexity index is 1160. The van der Waals surface area contributed by atoms with Gasteiger partial charge in [-0.3, -0.25) is 0 Å². The number of aromatic nitrogens is 2. The fourth-order valence-electron chi connectivity index (χ4n) is 3.49. The third kappa shape index (κ3) is 4.38. The van der Waals surface area contributed by atoms with Crippen molar-refractivity contribution in [2.45, 2.75) is 11.8 Å². The zero-order valence-electron chi connectivity index (χ0n) is 17.3. The van der Waals surface area contributed by atoms with Crippen LogP contribution in [-0.2, 0) is 10.0 Å². The minimum absolute atomic E-state index is 0.114. The fraction of sp³-hybridized carbons (Fsp3) is 0.273. The summed E-state index contributed by atoms with van der Waals surface area (Å²) in [5.74, 6) is 1.06. The van der Waals surface area contributed by atoms with Crippen molar-refractivity contribution in [1.29, 1.82) is 0 Å². The lowest BCUT2D eigenvalue weighted by atomic mass is 10.1. The number of aryl methyl sites for hydroxylation is 1. The molecule has 7 nitrogen and oxygen atoms in total. The first-order valence-electron chi connectivity index (χ1n) is 9.88. The van der Waals surface area contributed by atoms with Gasteiger partial charge in [-0.25, -0.2) is 12.8 Å². The van der Waals surface area contributed by atoms with Gasteiger partial charge in [0, 0.05) is 31.7 Å². The Morgan fingerprint density at radius 3 is 2.23 bits per heavy atom. The molecule has 1 aromatic heterocycles. The van der Waals surface area contributed by atoms with Crippen LogP contribution >= 0.6 is 0 Å². The highest BCUT2D eigenvalue weighted by Crippen LogP contribution is 2.24. The van der Waals surface area contributed by atoms with Gasteiger partial charge in [-0.05, 0) is 67.1 Å². The highest BCUT2D eigenvalue weighted by atomic mass is 32.2. The molecule has 0 amide bonds. The second-order valence-electron chi connectivity index (χ2n) is 7.31. The highest BCUT2D eigenvalue weighted by molar-refractivity contribution is 7.89. The van der Waals surface area contributed by atoms with Gasteiger partial charge in [0.2, 0.25) is 10.0 Å². The van der Waals surface area contributed by atoms with Gasteiger partial charge >= 0.3 is 0 Å². The van der Waals surface area contributed by atoms with Crippen molar-refractivity contribution in [2.75, 3.05) is 38.2 Å². The van der Waals surface area contributed by atoms with E-state index in [-0.39, 0.29) is 4.90 Å². The number of nitrogens with zero attached hydrogens (tertiary/aromatic N) is 4. The zero-order valence-corrected chi connectivity index (χ0v) is 18.1. The molecule has 0 unspecified atom stereocenters. The SMILES string of the molecule is COc1ccc(-c2ccc(N3CCN(S(=O)(=O)c4ccc(F)c(C)c4)CC3)nn2)cc1. The summed E-state index contributed by atoms with van der Waals surface area (Å²) in [5.41, 5.74) is 2.00. The average Bonchev–Trinajstić information content (AvgIpc) is 2.81. The molecule has 0 N–H and O–H groups in total. The Hall–Kier alpha value is -3.04. The lowest BCUT2D eigenvalue weighted by Gasteiger charge is -2.34. The van der Waals surface area contributed by atoms with E-state index < -0.39 is 15.8 Å². The third-order valence-electron chi connectivity index (χ3n) is 5.37. The predicted molar refractivity (Wildman–Crippen MR) is 116 cm³/mol. The summed E-state index contributed by atoms with van der Waals surface area (Å²) in [6.45, 7) is 3.19. The summed E-state index contributed by atoms with van der Waals surface area (Å²) in [6.07, 6.45) is 0. The van der Waals surface area contributed by atoms with Crippen LogP contribution in [0.5, 0.6) is 5.75 Å². The van der Waals surface area contributed by atoms with Crippen LogP contribution in [0, 0.1) is 12.7 Å². The maximum absolute atomic E-state index is 13.5. The van der Waals surface area contributed by atoms with Gasteiger partial charge in [-0.2, -0.15) is 4.31 Å². The van der Waals surface area contributed by atoms with E-state index >= 15 is 0 Å². The van der Waals surface area contributed by atoms with Crippen molar-refractivity contribution >= 4 is 15.8 Å². The minimum atomic E-state index is -3.66. The van der Waals surface area contributed by atoms with E-state index in [0.717, 1.165) is 17.0 Å². The van der Waals surface area contributed by atoms with Gasteiger partial charge in [0.25, 0.3) is 0 Å². The Kier molecular flexibility index (Phi) is 5.88. The van der Waals surface area contributed by atoms with Crippen LogP contribution in [0.25, 0.3) is 11.3 Å². The summed E-state index contributed by atoms with van der Waals surface area (Å²) in [7, 11) is -2.04. The van der Waals surface area contributed by atoms with Crippen molar-refractivity contribution in [3.8, 4) is 17.0 Å². The van der Waals surface area contributed by atoms with Crippen LogP contribution in [0.1, 0.15) is 5.56 Å². The summed E-state index contributed by atoms with van der Waals surface area (Å²) >= 11 is 0. The number of benzene rings is 2. The molecule has 1 saturated heterocycles. The summed E-state index contributed by atoms with van der Waals surface area (Å²) in [5, 5.41) is 8.64. The number of rotatable bonds is 5. The molecule has 1 aliphatic rings. The number of methoxy groups -OCH3 is 1. The summed E-state index contributed by atoms with van der Waals surface area (Å²) < 4.78 is 45.9. The first-order chi connectivity index (χ1) is 14.9. The molecular weight excluding hydrogens is 419 g/mol. The van der Waals surface area contributed by atoms with Gasteiger partial charge in [0.1, 0.15) is 11.6 Å². The van der Waals surface area contributed by atoms with Crippen molar-refractivity contribution in [1.82, 2.24) is 14.5 Å². The first kappa shape index (κ1) is 21.2. The van der Waals surface area contributed by atoms with Crippen molar-refractivity contribution in [3.63, 3.8) is 0 Å². The van der Waals surface area contributed by atoms with Crippen LogP contribution in [0.4, 0.5) is 10.2 Å². The van der Waals surface area contributed by atoms with Gasteiger partial charge in [0.15, 0.2) is 5.82 Å².